The van der Waals surface area contributed by atoms with Crippen molar-refractivity contribution in [2.24, 2.45) is 46.3 Å². The highest BCUT2D eigenvalue weighted by atomic mass is 16.8. The minimum Gasteiger partial charge on any atom is -0.394 e. The van der Waals surface area contributed by atoms with Gasteiger partial charge in [0.25, 0.3) is 0 Å². The van der Waals surface area contributed by atoms with Gasteiger partial charge in [-0.1, -0.05) is 39.3 Å². The molecule has 0 radical (unpaired) electrons. The lowest BCUT2D eigenvalue weighted by atomic mass is 9.47. The first-order chi connectivity index (χ1) is 34.3. The molecule has 72 heavy (non-hydrogen) atoms. The highest BCUT2D eigenvalue weighted by Gasteiger charge is 2.69. The topological polar surface area (TPSA) is 335 Å². The maximum atomic E-state index is 11.8. The summed E-state index contributed by atoms with van der Waals surface area (Å²) in [6.07, 6.45) is -22.3. The van der Waals surface area contributed by atoms with Crippen molar-refractivity contribution in [1.29, 1.82) is 0 Å². The summed E-state index contributed by atoms with van der Waals surface area (Å²) in [5.74, 6) is 2.46. The summed E-state index contributed by atoms with van der Waals surface area (Å²) in [6.45, 7) is 7.28. The molecule has 12 N–H and O–H groups in total. The second-order valence-electron chi connectivity index (χ2n) is 23.5. The average molecular weight is 1030 g/mol. The first-order valence-corrected chi connectivity index (χ1v) is 26.4. The molecule has 0 unspecified atom stereocenters. The van der Waals surface area contributed by atoms with Crippen LogP contribution in [0.25, 0.3) is 0 Å². The molecule has 10 rings (SSSR count). The number of hydrogen-bond acceptors (Lipinski definition) is 22. The van der Waals surface area contributed by atoms with Crippen LogP contribution in [0.4, 0.5) is 0 Å². The number of hydrogen-bond donors (Lipinski definition) is 12. The maximum absolute atomic E-state index is 11.8. The molecule has 6 aliphatic heterocycles. The summed E-state index contributed by atoms with van der Waals surface area (Å²) in [5, 5.41) is 129. The van der Waals surface area contributed by atoms with E-state index in [0.29, 0.717) is 48.3 Å². The molecule has 22 heteroatoms. The van der Waals surface area contributed by atoms with Crippen LogP contribution < -0.4 is 0 Å². The van der Waals surface area contributed by atoms with Crippen LogP contribution in [0.2, 0.25) is 0 Å². The van der Waals surface area contributed by atoms with Gasteiger partial charge in [-0.3, -0.25) is 0 Å². The van der Waals surface area contributed by atoms with Crippen LogP contribution in [0.3, 0.4) is 0 Å². The molecule has 0 bridgehead atoms. The van der Waals surface area contributed by atoms with Gasteiger partial charge in [-0.05, 0) is 91.8 Å². The average Bonchev–Trinajstić information content (AvgIpc) is 3.82. The van der Waals surface area contributed by atoms with Gasteiger partial charge >= 0.3 is 0 Å². The van der Waals surface area contributed by atoms with Gasteiger partial charge in [0.15, 0.2) is 30.9 Å². The van der Waals surface area contributed by atoms with Crippen LogP contribution in [-0.2, 0) is 47.4 Å². The van der Waals surface area contributed by atoms with Crippen LogP contribution in [0.15, 0.2) is 11.6 Å². The van der Waals surface area contributed by atoms with E-state index in [1.807, 2.05) is 0 Å². The van der Waals surface area contributed by atoms with E-state index in [1.165, 1.54) is 5.57 Å². The van der Waals surface area contributed by atoms with Gasteiger partial charge in [-0.25, -0.2) is 0 Å². The minimum absolute atomic E-state index is 0.0473. The second kappa shape index (κ2) is 20.9. The van der Waals surface area contributed by atoms with Crippen molar-refractivity contribution in [1.82, 2.24) is 0 Å². The van der Waals surface area contributed by atoms with Crippen molar-refractivity contribution < 1.29 is 109 Å². The van der Waals surface area contributed by atoms with E-state index < -0.39 is 155 Å². The number of aliphatic hydroxyl groups excluding tert-OH is 12. The van der Waals surface area contributed by atoms with E-state index in [1.54, 1.807) is 0 Å². The zero-order valence-electron chi connectivity index (χ0n) is 41.5. The smallest absolute Gasteiger partial charge is 0.187 e. The number of aliphatic hydroxyl groups is 12. The summed E-state index contributed by atoms with van der Waals surface area (Å²) in [6, 6.07) is 0. The van der Waals surface area contributed by atoms with Gasteiger partial charge in [0.05, 0.1) is 45.2 Å². The molecule has 0 aromatic heterocycles. The Morgan fingerprint density at radius 2 is 1.24 bits per heavy atom. The predicted octanol–water partition coefficient (Wildman–Crippen LogP) is -2.35. The molecule has 30 atom stereocenters. The summed E-state index contributed by atoms with van der Waals surface area (Å²) < 4.78 is 61.3. The largest absolute Gasteiger partial charge is 0.394 e. The third-order valence-corrected chi connectivity index (χ3v) is 19.4. The molecule has 0 amide bonds. The number of ether oxygens (including phenoxy) is 10. The Balaban J connectivity index is 0.826. The summed E-state index contributed by atoms with van der Waals surface area (Å²) >= 11 is 0. The quantitative estimate of drug-likeness (QED) is 0.0964. The van der Waals surface area contributed by atoms with Crippen molar-refractivity contribution >= 4 is 0 Å². The van der Waals surface area contributed by atoms with Gasteiger partial charge in [-0.2, -0.15) is 0 Å². The van der Waals surface area contributed by atoms with Crippen molar-refractivity contribution in [2.45, 2.75) is 220 Å². The van der Waals surface area contributed by atoms with Gasteiger partial charge < -0.3 is 109 Å². The molecule has 412 valence electrons. The molecule has 1 spiro atoms. The normalized spacial score (nSPS) is 56.7. The van der Waals surface area contributed by atoms with Crippen molar-refractivity contribution in [3.8, 4) is 0 Å². The second-order valence-corrected chi connectivity index (χ2v) is 23.5. The lowest BCUT2D eigenvalue weighted by Crippen LogP contribution is -2.68. The van der Waals surface area contributed by atoms with Crippen LogP contribution in [0.1, 0.15) is 85.5 Å². The van der Waals surface area contributed by atoms with Gasteiger partial charge in [0, 0.05) is 12.3 Å². The first kappa shape index (κ1) is 54.2. The van der Waals surface area contributed by atoms with Gasteiger partial charge in [-0.15, -0.1) is 0 Å². The number of allylic oxidation sites excluding steroid dienone is 1. The van der Waals surface area contributed by atoms with Crippen molar-refractivity contribution in [2.75, 3.05) is 33.0 Å². The first-order valence-electron chi connectivity index (χ1n) is 26.4. The molecule has 0 aromatic rings. The molecule has 10 aliphatic rings. The fourth-order valence-corrected chi connectivity index (χ4v) is 15.3. The molecule has 4 aliphatic carbocycles. The molecular weight excluding hydrogens is 953 g/mol. The molecule has 0 aromatic carbocycles. The Morgan fingerprint density at radius 1 is 0.597 bits per heavy atom. The van der Waals surface area contributed by atoms with E-state index in [2.05, 4.69) is 33.8 Å². The third kappa shape index (κ3) is 9.18. The lowest BCUT2D eigenvalue weighted by Gasteiger charge is -2.58. The minimum atomic E-state index is -2.00. The Hall–Kier alpha value is -1.14. The van der Waals surface area contributed by atoms with E-state index in [0.717, 1.165) is 51.6 Å². The Bertz CT molecular complexity index is 1890. The van der Waals surface area contributed by atoms with Gasteiger partial charge in [0.1, 0.15) is 91.6 Å². The van der Waals surface area contributed by atoms with E-state index in [4.69, 9.17) is 47.4 Å². The van der Waals surface area contributed by atoms with E-state index >= 15 is 0 Å². The van der Waals surface area contributed by atoms with Crippen LogP contribution in [-0.4, -0.2) is 229 Å². The number of fused-ring (bicyclic) bond motifs is 7. The summed E-state index contributed by atoms with van der Waals surface area (Å²) in [4.78, 5) is 0. The Morgan fingerprint density at radius 3 is 1.94 bits per heavy atom. The third-order valence-electron chi connectivity index (χ3n) is 19.4. The van der Waals surface area contributed by atoms with Crippen LogP contribution in [0.5, 0.6) is 0 Å². The molecule has 6 saturated heterocycles. The zero-order chi connectivity index (χ0) is 51.3. The van der Waals surface area contributed by atoms with Crippen molar-refractivity contribution in [3.63, 3.8) is 0 Å². The Labute approximate surface area is 419 Å². The standard InChI is InChI=1S/C50H80O22/c1-20-7-12-50(64-18-20)21(2)32-28(72-50)14-26-24-6-5-22-13-23(8-10-48(22,3)25(24)9-11-49(26,32)4)65-45-40(62)37(59)41(31(17-53)68-45)69-47-43(71-46-39(61)36(58)34(56)29(15-51)66-46)42(35(57)30(16-52)67-47)70-44-38(60)33(55)27(54)19-63-44/h5,20-21,23-47,51-62H,6-19H2,1-4H3/t20-,21+,23+,24-,25+,26-,27-,28+,29-,30-,31-,32+,33+,34-,35-,36+,37-,38-,39-,40-,41+,42+,43-,44+,45-,46+,47+,48+,49+,50-/m1/s1. The fraction of sp³-hybridized carbons (Fsp3) is 0.960. The van der Waals surface area contributed by atoms with Crippen LogP contribution >= 0.6 is 0 Å². The highest BCUT2D eigenvalue weighted by molar-refractivity contribution is 5.26. The molecule has 6 heterocycles. The van der Waals surface area contributed by atoms with Gasteiger partial charge in [0.2, 0.25) is 0 Å². The Kier molecular flexibility index (Phi) is 15.7. The SMILES string of the molecule is C[C@@H]1CC[C@@]2(OC1)O[C@H]1C[C@@H]3[C@@H]4CC=C5C[C@@H](O[C@@H]6O[C@H](CO)[C@H](O[C@@H]7O[C@H](CO)[C@@H](O)[C@H](O[C@@H]8OC[C@@H](O)[C@H](O)[C@H]8O)[C@H]7O[C@@H]7O[C@H](CO)[C@@H](O)[C@H](O)[C@H]7O)[C@H](O)[C@H]6O)CC[C@]5(C)[C@H]4CC[C@]3(C)[C@H]1[C@@H]2C. The summed E-state index contributed by atoms with van der Waals surface area (Å²) in [7, 11) is 0. The zero-order valence-corrected chi connectivity index (χ0v) is 41.5. The van der Waals surface area contributed by atoms with E-state index in [-0.39, 0.29) is 16.9 Å². The van der Waals surface area contributed by atoms with Crippen LogP contribution in [0, 0.1) is 46.3 Å². The molecular formula is C50H80O22. The fourth-order valence-electron chi connectivity index (χ4n) is 15.3. The molecule has 22 nitrogen and oxygen atoms in total. The van der Waals surface area contributed by atoms with Crippen molar-refractivity contribution in [3.05, 3.63) is 11.6 Å². The monoisotopic (exact) mass is 1030 g/mol. The molecule has 3 saturated carbocycles. The highest BCUT2D eigenvalue weighted by Crippen LogP contribution is 2.70. The lowest BCUT2D eigenvalue weighted by molar-refractivity contribution is -0.403. The maximum Gasteiger partial charge on any atom is 0.187 e. The van der Waals surface area contributed by atoms with E-state index in [9.17, 15) is 61.3 Å². The molecule has 9 fully saturated rings. The summed E-state index contributed by atoms with van der Waals surface area (Å²) in [5.41, 5.74) is 1.44. The number of rotatable bonds is 11. The predicted molar refractivity (Wildman–Crippen MR) is 242 cm³/mol.